The van der Waals surface area contributed by atoms with Gasteiger partial charge in [0.05, 0.1) is 5.39 Å². The molecule has 0 atom stereocenters. The van der Waals surface area contributed by atoms with Crippen LogP contribution in [-0.4, -0.2) is 20.9 Å². The van der Waals surface area contributed by atoms with Gasteiger partial charge in [-0.3, -0.25) is 4.79 Å². The molecule has 8 heteroatoms. The molecule has 7 nitrogen and oxygen atoms in total. The summed E-state index contributed by atoms with van der Waals surface area (Å²) in [4.78, 5) is 36.7. The highest BCUT2D eigenvalue weighted by Gasteiger charge is 2.20. The molecule has 0 radical (unpaired) electrons. The minimum Gasteiger partial charge on any atom is -0.455 e. The first kappa shape index (κ1) is 17.2. The first-order valence-electron chi connectivity index (χ1n) is 8.20. The Morgan fingerprint density at radius 1 is 1.22 bits per heavy atom. The van der Waals surface area contributed by atoms with Crippen molar-refractivity contribution < 1.29 is 13.9 Å². The lowest BCUT2D eigenvalue weighted by Crippen LogP contribution is -2.10. The fraction of sp³-hybridized carbons (Fsp3) is 0.158. The van der Waals surface area contributed by atoms with Crippen molar-refractivity contribution in [2.24, 2.45) is 0 Å². The molecule has 0 aliphatic rings. The van der Waals surface area contributed by atoms with E-state index in [9.17, 15) is 9.59 Å². The van der Waals surface area contributed by atoms with Gasteiger partial charge in [-0.05, 0) is 31.5 Å². The van der Waals surface area contributed by atoms with E-state index < -0.39 is 5.97 Å². The van der Waals surface area contributed by atoms with Crippen LogP contribution < -0.4 is 5.56 Å². The molecule has 4 rings (SSSR count). The fourth-order valence-electron chi connectivity index (χ4n) is 2.74. The number of hydrogen-bond acceptors (Lipinski definition) is 7. The number of ether oxygens (including phenoxy) is 1. The van der Waals surface area contributed by atoms with E-state index in [1.54, 1.807) is 13.8 Å². The van der Waals surface area contributed by atoms with Crippen molar-refractivity contribution in [2.75, 3.05) is 0 Å². The Hall–Kier alpha value is -3.26. The molecule has 4 aromatic rings. The Labute approximate surface area is 157 Å². The van der Waals surface area contributed by atoms with Gasteiger partial charge in [-0.25, -0.2) is 14.8 Å². The normalized spacial score (nSPS) is 11.0. The molecular weight excluding hydrogens is 366 g/mol. The lowest BCUT2D eigenvalue weighted by atomic mass is 10.2. The number of benzene rings is 1. The summed E-state index contributed by atoms with van der Waals surface area (Å²) in [7, 11) is 0. The second-order valence-corrected chi connectivity index (χ2v) is 6.97. The standard InChI is InChI=1S/C19H15N3O4S/c1-10-14-16(23)20-11(2)21-18(14)27-15(10)19(24)26-9-13-8-25-17(22-13)12-6-4-3-5-7-12/h3-8H,9H2,1-2H3,(H,20,21,23). The topological polar surface area (TPSA) is 98.1 Å². The van der Waals surface area contributed by atoms with Crippen LogP contribution in [-0.2, 0) is 11.3 Å². The molecule has 1 N–H and O–H groups in total. The van der Waals surface area contributed by atoms with Crippen molar-refractivity contribution in [3.63, 3.8) is 0 Å². The maximum atomic E-state index is 12.5. The Morgan fingerprint density at radius 2 is 2.00 bits per heavy atom. The van der Waals surface area contributed by atoms with Crippen LogP contribution in [0.25, 0.3) is 21.7 Å². The Balaban J connectivity index is 1.53. The highest BCUT2D eigenvalue weighted by molar-refractivity contribution is 7.20. The highest BCUT2D eigenvalue weighted by Crippen LogP contribution is 2.28. The van der Waals surface area contributed by atoms with E-state index in [-0.39, 0.29) is 12.2 Å². The van der Waals surface area contributed by atoms with E-state index in [2.05, 4.69) is 15.0 Å². The zero-order valence-electron chi connectivity index (χ0n) is 14.6. The third-order valence-electron chi connectivity index (χ3n) is 4.03. The van der Waals surface area contributed by atoms with Gasteiger partial charge in [0.25, 0.3) is 5.56 Å². The van der Waals surface area contributed by atoms with Gasteiger partial charge in [-0.15, -0.1) is 11.3 Å². The lowest BCUT2D eigenvalue weighted by Gasteiger charge is -2.01. The molecule has 1 aromatic carbocycles. The number of thiophene rings is 1. The third kappa shape index (κ3) is 3.26. The van der Waals surface area contributed by atoms with Crippen molar-refractivity contribution in [3.8, 4) is 11.5 Å². The second-order valence-electron chi connectivity index (χ2n) is 5.97. The van der Waals surface area contributed by atoms with Gasteiger partial charge < -0.3 is 14.1 Å². The molecular formula is C19H15N3O4S. The summed E-state index contributed by atoms with van der Waals surface area (Å²) >= 11 is 1.15. The molecule has 0 aliphatic heterocycles. The fourth-order valence-corrected chi connectivity index (χ4v) is 3.86. The SMILES string of the molecule is Cc1nc2sc(C(=O)OCc3coc(-c4ccccc4)n3)c(C)c2c(=O)[nH]1. The zero-order chi connectivity index (χ0) is 19.0. The molecule has 0 fully saturated rings. The molecule has 0 saturated carbocycles. The van der Waals surface area contributed by atoms with Gasteiger partial charge in [0.15, 0.2) is 0 Å². The van der Waals surface area contributed by atoms with Gasteiger partial charge in [-0.2, -0.15) is 0 Å². The van der Waals surface area contributed by atoms with Gasteiger partial charge in [0.1, 0.15) is 34.1 Å². The van der Waals surface area contributed by atoms with Crippen LogP contribution in [0.4, 0.5) is 0 Å². The number of nitrogens with one attached hydrogen (secondary N) is 1. The number of esters is 1. The van der Waals surface area contributed by atoms with Crippen LogP contribution >= 0.6 is 11.3 Å². The first-order chi connectivity index (χ1) is 13.0. The number of fused-ring (bicyclic) bond motifs is 1. The van der Waals surface area contributed by atoms with Crippen LogP contribution in [0.5, 0.6) is 0 Å². The molecule has 0 amide bonds. The number of hydrogen-bond donors (Lipinski definition) is 1. The number of carbonyl (C=O) groups excluding carboxylic acids is 1. The van der Waals surface area contributed by atoms with E-state index in [1.807, 2.05) is 30.3 Å². The third-order valence-corrected chi connectivity index (χ3v) is 5.19. The number of oxazole rings is 1. The van der Waals surface area contributed by atoms with Crippen LogP contribution in [0.1, 0.15) is 26.8 Å². The number of aryl methyl sites for hydroxylation is 2. The van der Waals surface area contributed by atoms with Gasteiger partial charge >= 0.3 is 5.97 Å². The molecule has 0 saturated heterocycles. The van der Waals surface area contributed by atoms with Crippen LogP contribution in [0.2, 0.25) is 0 Å². The average molecular weight is 381 g/mol. The average Bonchev–Trinajstić information content (AvgIpc) is 3.25. The first-order valence-corrected chi connectivity index (χ1v) is 9.01. The monoisotopic (exact) mass is 381 g/mol. The highest BCUT2D eigenvalue weighted by atomic mass is 32.1. The van der Waals surface area contributed by atoms with Gasteiger partial charge in [0.2, 0.25) is 5.89 Å². The molecule has 3 heterocycles. The maximum absolute atomic E-state index is 12.5. The molecule has 0 bridgehead atoms. The Morgan fingerprint density at radius 3 is 2.78 bits per heavy atom. The summed E-state index contributed by atoms with van der Waals surface area (Å²) in [5, 5.41) is 0.422. The van der Waals surface area contributed by atoms with E-state index in [0.29, 0.717) is 38.1 Å². The van der Waals surface area contributed by atoms with Gasteiger partial charge in [0, 0.05) is 5.56 Å². The van der Waals surface area contributed by atoms with Crippen molar-refractivity contribution >= 4 is 27.5 Å². The zero-order valence-corrected chi connectivity index (χ0v) is 15.4. The predicted molar refractivity (Wildman–Crippen MR) is 101 cm³/mol. The minimum atomic E-state index is -0.517. The Bertz CT molecular complexity index is 1190. The predicted octanol–water partition coefficient (Wildman–Crippen LogP) is 3.61. The number of aromatic nitrogens is 3. The molecule has 3 aromatic heterocycles. The maximum Gasteiger partial charge on any atom is 0.349 e. The summed E-state index contributed by atoms with van der Waals surface area (Å²) in [6, 6.07) is 9.45. The molecule has 0 unspecified atom stereocenters. The molecule has 27 heavy (non-hydrogen) atoms. The lowest BCUT2D eigenvalue weighted by molar-refractivity contribution is 0.0473. The number of carbonyl (C=O) groups is 1. The van der Waals surface area contributed by atoms with Crippen molar-refractivity contribution in [3.05, 3.63) is 68.9 Å². The summed E-state index contributed by atoms with van der Waals surface area (Å²) in [6.45, 7) is 3.39. The molecule has 136 valence electrons. The smallest absolute Gasteiger partial charge is 0.349 e. The van der Waals surface area contributed by atoms with E-state index in [0.717, 1.165) is 16.9 Å². The largest absolute Gasteiger partial charge is 0.455 e. The second kappa shape index (κ2) is 6.81. The number of aromatic amines is 1. The van der Waals surface area contributed by atoms with Crippen molar-refractivity contribution in [1.29, 1.82) is 0 Å². The van der Waals surface area contributed by atoms with Crippen molar-refractivity contribution in [2.45, 2.75) is 20.5 Å². The Kier molecular flexibility index (Phi) is 4.33. The van der Waals surface area contributed by atoms with E-state index >= 15 is 0 Å². The van der Waals surface area contributed by atoms with E-state index in [1.165, 1.54) is 6.26 Å². The van der Waals surface area contributed by atoms with Crippen molar-refractivity contribution in [1.82, 2.24) is 15.0 Å². The molecule has 0 spiro atoms. The summed E-state index contributed by atoms with van der Waals surface area (Å²) in [5.74, 6) is 0.451. The van der Waals surface area contributed by atoms with Gasteiger partial charge in [-0.1, -0.05) is 18.2 Å². The van der Waals surface area contributed by atoms with Crippen LogP contribution in [0.15, 0.2) is 45.8 Å². The summed E-state index contributed by atoms with van der Waals surface area (Å²) < 4.78 is 10.8. The number of H-pyrrole nitrogens is 1. The summed E-state index contributed by atoms with van der Waals surface area (Å²) in [6.07, 6.45) is 1.46. The number of rotatable bonds is 4. The quantitative estimate of drug-likeness (QED) is 0.542. The number of nitrogens with zero attached hydrogens (tertiary/aromatic N) is 2. The summed E-state index contributed by atoms with van der Waals surface area (Å²) in [5.41, 5.74) is 1.66. The minimum absolute atomic E-state index is 0.0222. The van der Waals surface area contributed by atoms with Crippen LogP contribution in [0.3, 0.4) is 0 Å². The van der Waals surface area contributed by atoms with Crippen LogP contribution in [0, 0.1) is 13.8 Å². The van der Waals surface area contributed by atoms with E-state index in [4.69, 9.17) is 9.15 Å². The molecule has 0 aliphatic carbocycles.